The van der Waals surface area contributed by atoms with E-state index in [2.05, 4.69) is 48.3 Å². The van der Waals surface area contributed by atoms with Crippen LogP contribution in [0.4, 0.5) is 0 Å². The van der Waals surface area contributed by atoms with Crippen LogP contribution >= 0.6 is 0 Å². The van der Waals surface area contributed by atoms with Crippen molar-refractivity contribution in [1.82, 2.24) is 0 Å². The molecule has 0 amide bonds. The molecular weight excluding hydrogens is 636 g/mol. The van der Waals surface area contributed by atoms with Crippen molar-refractivity contribution in [1.29, 1.82) is 0 Å². The molecular formula is C12H29OU2-. The fourth-order valence-electron chi connectivity index (χ4n) is 0. The molecule has 0 saturated heterocycles. The molecule has 0 aromatic heterocycles. The average molecular weight is 665 g/mol. The summed E-state index contributed by atoms with van der Waals surface area (Å²) in [6, 6.07) is 0. The predicted molar refractivity (Wildman–Crippen MR) is 65.4 cm³/mol. The fraction of sp³-hybridized carbons (Fsp3) is 0.750. The Morgan fingerprint density at radius 2 is 0.867 bits per heavy atom. The summed E-state index contributed by atoms with van der Waals surface area (Å²) in [5.74, 6) is 0. The molecule has 1 nitrogen and oxygen atoms in total. The monoisotopic (exact) mass is 665 g/mol. The molecule has 3 heteroatoms. The van der Waals surface area contributed by atoms with Gasteiger partial charge in [-0.15, -0.1) is 0 Å². The van der Waals surface area contributed by atoms with Gasteiger partial charge in [0.05, 0.1) is 0 Å². The Bertz CT molecular complexity index is 27.6. The van der Waals surface area contributed by atoms with E-state index in [0.29, 0.717) is 0 Å². The molecule has 0 rings (SSSR count). The molecule has 0 N–H and O–H groups in total. The first-order valence-corrected chi connectivity index (χ1v) is 4.98. The molecule has 0 saturated carbocycles. The number of unbranched alkanes of at least 4 members (excludes halogenated alkanes) is 1. The van der Waals surface area contributed by atoms with Crippen molar-refractivity contribution >= 4 is 6.79 Å². The molecule has 0 bridgehead atoms. The number of carbonyl (C=O) groups excluding carboxylic acids is 1. The third-order valence-electron chi connectivity index (χ3n) is 0.500. The van der Waals surface area contributed by atoms with Crippen molar-refractivity contribution in [2.45, 2.75) is 60.8 Å². The number of hydrogen-bond donors (Lipinski definition) is 0. The molecule has 0 atom stereocenters. The number of rotatable bonds is 1. The van der Waals surface area contributed by atoms with Gasteiger partial charge in [-0.3, -0.25) is 6.79 Å². The van der Waals surface area contributed by atoms with E-state index in [1.807, 2.05) is 0 Å². The largest absolute Gasteiger partial charge is 2.00 e. The van der Waals surface area contributed by atoms with Gasteiger partial charge in [0.2, 0.25) is 0 Å². The van der Waals surface area contributed by atoms with Gasteiger partial charge in [0, 0.05) is 31.1 Å². The van der Waals surface area contributed by atoms with Crippen molar-refractivity contribution in [3.05, 3.63) is 13.8 Å². The normalized spacial score (nSPS) is 4.27. The Labute approximate surface area is 147 Å². The third kappa shape index (κ3) is 389. The van der Waals surface area contributed by atoms with Gasteiger partial charge in [-0.1, -0.05) is 47.0 Å². The minimum absolute atomic E-state index is 0. The van der Waals surface area contributed by atoms with Gasteiger partial charge in [0.1, 0.15) is 0 Å². The first kappa shape index (κ1) is 43.7. The van der Waals surface area contributed by atoms with Gasteiger partial charge in [-0.25, -0.2) is 0 Å². The van der Waals surface area contributed by atoms with Crippen molar-refractivity contribution in [2.75, 3.05) is 0 Å². The van der Waals surface area contributed by atoms with Crippen LogP contribution in [0.2, 0.25) is 0 Å². The van der Waals surface area contributed by atoms with E-state index in [0.717, 1.165) is 0 Å². The summed E-state index contributed by atoms with van der Waals surface area (Å²) in [6.07, 6.45) is 3.89. The van der Waals surface area contributed by atoms with Crippen LogP contribution in [0.1, 0.15) is 60.8 Å². The second-order valence-electron chi connectivity index (χ2n) is 1.71. The molecule has 0 heterocycles. The molecule has 0 aromatic rings. The number of hydrogen-bond acceptors (Lipinski definition) is 1. The van der Waals surface area contributed by atoms with Crippen LogP contribution in [0.3, 0.4) is 0 Å². The zero-order valence-electron chi connectivity index (χ0n) is 11.5. The van der Waals surface area contributed by atoms with Crippen molar-refractivity contribution in [2.24, 2.45) is 0 Å². The maximum absolute atomic E-state index is 7.75. The van der Waals surface area contributed by atoms with Gasteiger partial charge in [-0.2, -0.15) is 13.8 Å². The Kier molecular flexibility index (Phi) is 440. The summed E-state index contributed by atoms with van der Waals surface area (Å²) >= 11 is 0. The third-order valence-corrected chi connectivity index (χ3v) is 0.500. The Hall–Kier alpha value is 1.77. The minimum atomic E-state index is 0. The molecule has 0 aromatic carbocycles. The van der Waals surface area contributed by atoms with Gasteiger partial charge >= 0.3 is 31.1 Å². The van der Waals surface area contributed by atoms with Gasteiger partial charge in [-0.05, 0) is 0 Å². The second kappa shape index (κ2) is 151. The van der Waals surface area contributed by atoms with Crippen molar-refractivity contribution < 1.29 is 67.0 Å². The standard InChI is InChI=1S/C4H10.C3H8.2C2H5.CHO.2U/c1-3-4-2;1-3-2;3*1-2;;/h3-4H2,1-2H3;3H2,1-2H3;2*1H2,2H3;1H;;/q;;3*-1;;+2. The van der Waals surface area contributed by atoms with Crippen LogP contribution in [-0.4, -0.2) is 6.79 Å². The van der Waals surface area contributed by atoms with Crippen LogP contribution < -0.4 is 0 Å². The van der Waals surface area contributed by atoms with E-state index in [9.17, 15) is 0 Å². The van der Waals surface area contributed by atoms with E-state index >= 15 is 0 Å². The molecule has 0 unspecified atom stereocenters. The first-order chi connectivity index (χ1) is 6.33. The summed E-state index contributed by atoms with van der Waals surface area (Å²) in [5.41, 5.74) is 0. The molecule has 0 fully saturated rings. The van der Waals surface area contributed by atoms with E-state index in [1.165, 1.54) is 19.3 Å². The molecule has 0 spiro atoms. The van der Waals surface area contributed by atoms with Gasteiger partial charge in [0.25, 0.3) is 0 Å². The summed E-state index contributed by atoms with van der Waals surface area (Å²) in [6.45, 7) is 21.9. The molecule has 0 aliphatic rings. The van der Waals surface area contributed by atoms with Crippen molar-refractivity contribution in [3.63, 3.8) is 0 Å². The zero-order chi connectivity index (χ0) is 12.1. The summed E-state index contributed by atoms with van der Waals surface area (Å²) < 4.78 is 0. The molecule has 0 aliphatic heterocycles. The Morgan fingerprint density at radius 3 is 0.867 bits per heavy atom. The quantitative estimate of drug-likeness (QED) is 0.295. The Balaban J connectivity index is -0.0000000107. The maximum Gasteiger partial charge on any atom is 2.00 e. The topological polar surface area (TPSA) is 17.1 Å². The maximum atomic E-state index is 7.75. The fourth-order valence-corrected chi connectivity index (χ4v) is 0. The molecule has 92 valence electrons. The van der Waals surface area contributed by atoms with E-state index < -0.39 is 0 Å². The van der Waals surface area contributed by atoms with E-state index in [4.69, 9.17) is 4.79 Å². The van der Waals surface area contributed by atoms with Crippen LogP contribution in [0.25, 0.3) is 0 Å². The van der Waals surface area contributed by atoms with E-state index in [-0.39, 0.29) is 62.2 Å². The molecule has 15 heavy (non-hydrogen) atoms. The SMILES string of the molecule is CCC.CCCC.[CH-]=O.[CH2-]C.[CH2-]C.[U+2].[U]. The summed E-state index contributed by atoms with van der Waals surface area (Å²) in [7, 11) is 0. The summed E-state index contributed by atoms with van der Waals surface area (Å²) in [5, 5.41) is 0. The first-order valence-electron chi connectivity index (χ1n) is 4.98. The van der Waals surface area contributed by atoms with Crippen LogP contribution in [0, 0.1) is 76.1 Å². The molecule has 0 aliphatic carbocycles. The molecule has 0 radical (unpaired) electrons. The summed E-state index contributed by atoms with van der Waals surface area (Å²) in [4.78, 5) is 7.75. The smallest absolute Gasteiger partial charge is 0.545 e. The van der Waals surface area contributed by atoms with Crippen LogP contribution in [0.15, 0.2) is 0 Å². The van der Waals surface area contributed by atoms with Crippen molar-refractivity contribution in [3.8, 4) is 0 Å². The minimum Gasteiger partial charge on any atom is -0.545 e. The predicted octanol–water partition coefficient (Wildman–Crippen LogP) is 4.63. The van der Waals surface area contributed by atoms with Crippen LogP contribution in [-0.2, 0) is 4.79 Å². The second-order valence-corrected chi connectivity index (χ2v) is 1.71. The van der Waals surface area contributed by atoms with E-state index in [1.54, 1.807) is 13.8 Å². The van der Waals surface area contributed by atoms with Gasteiger partial charge < -0.3 is 18.6 Å². The van der Waals surface area contributed by atoms with Gasteiger partial charge in [0.15, 0.2) is 0 Å². The zero-order valence-corrected chi connectivity index (χ0v) is 19.8. The van der Waals surface area contributed by atoms with Crippen LogP contribution in [0.5, 0.6) is 0 Å². The average Bonchev–Trinajstić information content (AvgIpc) is 2.27. The Morgan fingerprint density at radius 1 is 0.800 bits per heavy atom.